The van der Waals surface area contributed by atoms with E-state index in [1.165, 1.54) is 55.3 Å². The van der Waals surface area contributed by atoms with E-state index in [4.69, 9.17) is 0 Å². The first-order valence-corrected chi connectivity index (χ1v) is 8.61. The molecular weight excluding hydrogens is 379 g/mol. The summed E-state index contributed by atoms with van der Waals surface area (Å²) in [5.41, 5.74) is 11.4. The fourth-order valence-electron chi connectivity index (χ4n) is 4.36. The van der Waals surface area contributed by atoms with E-state index in [0.717, 1.165) is 6.42 Å². The summed E-state index contributed by atoms with van der Waals surface area (Å²) in [7, 11) is 0. The Labute approximate surface area is 168 Å². The van der Waals surface area contributed by atoms with Crippen LogP contribution in [0.15, 0.2) is 66.7 Å². The zero-order valence-electron chi connectivity index (χ0n) is 14.6. The van der Waals surface area contributed by atoms with Crippen LogP contribution in [0.5, 0.6) is 0 Å². The fourth-order valence-corrected chi connectivity index (χ4v) is 4.36. The standard InChI is InChI=1S/C24H19.Zr/c1-15-16(2)24(21-11-6-5-9-18(15)21)22-13-7-12-20-19-10-4-3-8-17(19)14-23(20)22;/h3-13H,14H2,1-2H3;/q-1;. The summed E-state index contributed by atoms with van der Waals surface area (Å²) < 4.78 is 0. The van der Waals surface area contributed by atoms with Gasteiger partial charge in [0.25, 0.3) is 0 Å². The summed E-state index contributed by atoms with van der Waals surface area (Å²) in [6, 6.07) is 24.4. The number of hydrogen-bond donors (Lipinski definition) is 0. The Hall–Kier alpha value is -1.85. The molecule has 1 heteroatoms. The van der Waals surface area contributed by atoms with Crippen molar-refractivity contribution >= 4 is 10.8 Å². The van der Waals surface area contributed by atoms with E-state index in [1.807, 2.05) is 0 Å². The molecule has 0 spiro atoms. The van der Waals surface area contributed by atoms with Gasteiger partial charge in [-0.15, -0.1) is 23.3 Å². The summed E-state index contributed by atoms with van der Waals surface area (Å²) in [6.45, 7) is 4.52. The Balaban J connectivity index is 0.00000157. The first-order chi connectivity index (χ1) is 11.8. The van der Waals surface area contributed by atoms with Gasteiger partial charge in [-0.2, -0.15) is 0 Å². The van der Waals surface area contributed by atoms with Gasteiger partial charge in [-0.3, -0.25) is 0 Å². The van der Waals surface area contributed by atoms with Crippen molar-refractivity contribution in [2.24, 2.45) is 0 Å². The van der Waals surface area contributed by atoms with E-state index >= 15 is 0 Å². The molecule has 4 aromatic carbocycles. The number of fused-ring (bicyclic) bond motifs is 4. The first-order valence-electron chi connectivity index (χ1n) is 8.61. The van der Waals surface area contributed by atoms with Crippen molar-refractivity contribution in [3.63, 3.8) is 0 Å². The van der Waals surface area contributed by atoms with Gasteiger partial charge >= 0.3 is 0 Å². The van der Waals surface area contributed by atoms with Gasteiger partial charge in [0.2, 0.25) is 0 Å². The van der Waals surface area contributed by atoms with Crippen LogP contribution in [0.2, 0.25) is 0 Å². The molecule has 0 radical (unpaired) electrons. The second kappa shape index (κ2) is 6.15. The molecule has 0 aromatic heterocycles. The summed E-state index contributed by atoms with van der Waals surface area (Å²) in [5.74, 6) is 0. The van der Waals surface area contributed by atoms with E-state index in [-0.39, 0.29) is 26.2 Å². The molecular formula is C24H19Zr-. The zero-order valence-corrected chi connectivity index (χ0v) is 17.0. The third-order valence-electron chi connectivity index (χ3n) is 5.66. The Kier molecular flexibility index (Phi) is 4.09. The van der Waals surface area contributed by atoms with Crippen molar-refractivity contribution in [2.75, 3.05) is 0 Å². The van der Waals surface area contributed by atoms with Crippen LogP contribution in [0.4, 0.5) is 0 Å². The number of rotatable bonds is 1. The van der Waals surface area contributed by atoms with Crippen molar-refractivity contribution in [3.8, 4) is 22.3 Å². The summed E-state index contributed by atoms with van der Waals surface area (Å²) >= 11 is 0. The van der Waals surface area contributed by atoms with Gasteiger partial charge < -0.3 is 0 Å². The summed E-state index contributed by atoms with van der Waals surface area (Å²) in [5, 5.41) is 2.77. The SMILES string of the molecule is Cc1c(C)[c-](-c2cccc3c2Cc2ccccc2-3)c2ccccc12.[Zr]. The molecule has 5 rings (SSSR count). The largest absolute Gasteiger partial charge is 0.115 e. The van der Waals surface area contributed by atoms with Crippen LogP contribution in [0.3, 0.4) is 0 Å². The molecule has 0 nitrogen and oxygen atoms in total. The van der Waals surface area contributed by atoms with E-state index in [2.05, 4.69) is 80.6 Å². The predicted molar refractivity (Wildman–Crippen MR) is 103 cm³/mol. The number of aryl methyl sites for hydroxylation is 1. The molecule has 0 aliphatic heterocycles. The molecule has 25 heavy (non-hydrogen) atoms. The smallest absolute Gasteiger partial charge is 0 e. The average molecular weight is 399 g/mol. The minimum absolute atomic E-state index is 0. The Morgan fingerprint density at radius 1 is 0.760 bits per heavy atom. The van der Waals surface area contributed by atoms with Crippen LogP contribution >= 0.6 is 0 Å². The Bertz CT molecular complexity index is 1100. The molecule has 0 heterocycles. The maximum atomic E-state index is 2.30. The molecule has 0 fully saturated rings. The number of hydrogen-bond acceptors (Lipinski definition) is 0. The van der Waals surface area contributed by atoms with Crippen LogP contribution in [0.25, 0.3) is 33.0 Å². The average Bonchev–Trinajstić information content (AvgIpc) is 3.12. The van der Waals surface area contributed by atoms with Gasteiger partial charge in [-0.05, 0) is 23.1 Å². The van der Waals surface area contributed by atoms with Gasteiger partial charge in [-0.25, -0.2) is 0 Å². The van der Waals surface area contributed by atoms with Crippen molar-refractivity contribution in [1.82, 2.24) is 0 Å². The van der Waals surface area contributed by atoms with Crippen molar-refractivity contribution in [2.45, 2.75) is 20.3 Å². The molecule has 120 valence electrons. The molecule has 0 saturated carbocycles. The van der Waals surface area contributed by atoms with E-state index in [0.29, 0.717) is 0 Å². The molecule has 1 aliphatic carbocycles. The molecule has 0 bridgehead atoms. The zero-order chi connectivity index (χ0) is 16.3. The van der Waals surface area contributed by atoms with Gasteiger partial charge in [0.1, 0.15) is 0 Å². The molecule has 0 atom stereocenters. The topological polar surface area (TPSA) is 0 Å². The molecule has 0 amide bonds. The van der Waals surface area contributed by atoms with Gasteiger partial charge in [0, 0.05) is 26.2 Å². The number of benzene rings is 3. The maximum absolute atomic E-state index is 2.30. The monoisotopic (exact) mass is 397 g/mol. The van der Waals surface area contributed by atoms with E-state index in [1.54, 1.807) is 0 Å². The van der Waals surface area contributed by atoms with Crippen molar-refractivity contribution < 1.29 is 26.2 Å². The van der Waals surface area contributed by atoms with E-state index < -0.39 is 0 Å². The first kappa shape index (κ1) is 16.6. The molecule has 1 aliphatic rings. The quantitative estimate of drug-likeness (QED) is 0.286. The second-order valence-electron chi connectivity index (χ2n) is 6.84. The van der Waals surface area contributed by atoms with Crippen molar-refractivity contribution in [3.05, 3.63) is 89.0 Å². The van der Waals surface area contributed by atoms with Crippen LogP contribution < -0.4 is 0 Å². The third-order valence-corrected chi connectivity index (χ3v) is 5.66. The summed E-state index contributed by atoms with van der Waals surface area (Å²) in [6.07, 6.45) is 1.04. The van der Waals surface area contributed by atoms with Crippen molar-refractivity contribution in [1.29, 1.82) is 0 Å². The maximum Gasteiger partial charge on any atom is 0 e. The Morgan fingerprint density at radius 2 is 1.48 bits per heavy atom. The Morgan fingerprint density at radius 3 is 2.36 bits per heavy atom. The molecule has 0 N–H and O–H groups in total. The predicted octanol–water partition coefficient (Wildman–Crippen LogP) is 6.41. The van der Waals surface area contributed by atoms with Crippen LogP contribution in [0, 0.1) is 13.8 Å². The van der Waals surface area contributed by atoms with Crippen LogP contribution in [-0.2, 0) is 32.6 Å². The minimum Gasteiger partial charge on any atom is -0.115 e. The fraction of sp³-hybridized carbons (Fsp3) is 0.125. The minimum atomic E-state index is 0. The third kappa shape index (κ3) is 2.33. The molecule has 0 saturated heterocycles. The molecule has 0 unspecified atom stereocenters. The van der Waals surface area contributed by atoms with Crippen LogP contribution in [-0.4, -0.2) is 0 Å². The van der Waals surface area contributed by atoms with Gasteiger partial charge in [0.15, 0.2) is 0 Å². The van der Waals surface area contributed by atoms with Gasteiger partial charge in [0.05, 0.1) is 0 Å². The van der Waals surface area contributed by atoms with Gasteiger partial charge in [-0.1, -0.05) is 95.9 Å². The normalized spacial score (nSPS) is 11.9. The van der Waals surface area contributed by atoms with Crippen LogP contribution in [0.1, 0.15) is 22.3 Å². The van der Waals surface area contributed by atoms with E-state index in [9.17, 15) is 0 Å². The molecule has 4 aromatic rings. The second-order valence-corrected chi connectivity index (χ2v) is 6.84. The summed E-state index contributed by atoms with van der Waals surface area (Å²) in [4.78, 5) is 0.